The van der Waals surface area contributed by atoms with Gasteiger partial charge in [0, 0.05) is 6.54 Å². The second-order valence-electron chi connectivity index (χ2n) is 4.89. The van der Waals surface area contributed by atoms with Crippen molar-refractivity contribution in [1.29, 1.82) is 0 Å². The zero-order chi connectivity index (χ0) is 16.2. The first kappa shape index (κ1) is 16.9. The molecule has 0 atom stereocenters. The highest BCUT2D eigenvalue weighted by atomic mass is 32.2. The topological polar surface area (TPSA) is 88.2 Å². The first-order valence-electron chi connectivity index (χ1n) is 7.06. The predicted molar refractivity (Wildman–Crippen MR) is 87.5 cm³/mol. The van der Waals surface area contributed by atoms with Crippen LogP contribution in [0.25, 0.3) is 10.2 Å². The average Bonchev–Trinajstić information content (AvgIpc) is 2.84. The van der Waals surface area contributed by atoms with Crippen molar-refractivity contribution >= 4 is 37.5 Å². The number of unbranched alkanes of at least 4 members (excludes halogenated alkanes) is 1. The van der Waals surface area contributed by atoms with Crippen LogP contribution in [-0.4, -0.2) is 32.4 Å². The Balaban J connectivity index is 2.03. The lowest BCUT2D eigenvalue weighted by Gasteiger charge is -2.07. The number of amides is 1. The molecule has 0 aliphatic heterocycles. The molecule has 1 amide bonds. The van der Waals surface area contributed by atoms with Gasteiger partial charge in [0.1, 0.15) is 0 Å². The fourth-order valence-electron chi connectivity index (χ4n) is 1.90. The van der Waals surface area contributed by atoms with E-state index in [0.29, 0.717) is 6.54 Å². The van der Waals surface area contributed by atoms with E-state index < -0.39 is 10.0 Å². The van der Waals surface area contributed by atoms with E-state index in [2.05, 4.69) is 15.0 Å². The number of thiazole rings is 1. The van der Waals surface area contributed by atoms with Crippen LogP contribution >= 0.6 is 11.3 Å². The Morgan fingerprint density at radius 2 is 2.14 bits per heavy atom. The maximum Gasteiger partial charge on any atom is 0.241 e. The summed E-state index contributed by atoms with van der Waals surface area (Å²) in [7, 11) is -3.70. The zero-order valence-electron chi connectivity index (χ0n) is 12.5. The summed E-state index contributed by atoms with van der Waals surface area (Å²) in [6, 6.07) is 4.75. The molecule has 22 heavy (non-hydrogen) atoms. The van der Waals surface area contributed by atoms with Crippen LogP contribution in [-0.2, 0) is 14.8 Å². The van der Waals surface area contributed by atoms with Crippen molar-refractivity contribution in [2.45, 2.75) is 31.6 Å². The molecular weight excluding hydrogens is 322 g/mol. The Morgan fingerprint density at radius 3 is 2.86 bits per heavy atom. The molecule has 0 saturated heterocycles. The molecule has 0 bridgehead atoms. The molecule has 0 fully saturated rings. The number of fused-ring (bicyclic) bond motifs is 1. The largest absolute Gasteiger partial charge is 0.355 e. The molecule has 1 aromatic heterocycles. The fourth-order valence-corrected chi connectivity index (χ4v) is 3.85. The van der Waals surface area contributed by atoms with E-state index in [1.54, 1.807) is 12.1 Å². The molecule has 0 aliphatic rings. The quantitative estimate of drug-likeness (QED) is 0.752. The van der Waals surface area contributed by atoms with Gasteiger partial charge in [0.15, 0.2) is 0 Å². The first-order valence-corrected chi connectivity index (χ1v) is 9.36. The van der Waals surface area contributed by atoms with Crippen LogP contribution in [0.15, 0.2) is 23.1 Å². The third-order valence-corrected chi connectivity index (χ3v) is 5.38. The number of carbonyl (C=O) groups is 1. The van der Waals surface area contributed by atoms with Crippen LogP contribution in [0.2, 0.25) is 0 Å². The molecule has 0 aliphatic carbocycles. The number of nitrogens with one attached hydrogen (secondary N) is 2. The summed E-state index contributed by atoms with van der Waals surface area (Å²) < 4.78 is 27.6. The van der Waals surface area contributed by atoms with Gasteiger partial charge in [0.05, 0.1) is 26.7 Å². The average molecular weight is 341 g/mol. The van der Waals surface area contributed by atoms with Gasteiger partial charge in [-0.3, -0.25) is 4.79 Å². The van der Waals surface area contributed by atoms with Crippen molar-refractivity contribution in [2.75, 3.05) is 13.1 Å². The van der Waals surface area contributed by atoms with Gasteiger partial charge in [-0.2, -0.15) is 0 Å². The number of carbonyl (C=O) groups excluding carboxylic acids is 1. The van der Waals surface area contributed by atoms with Crippen molar-refractivity contribution < 1.29 is 13.2 Å². The third-order valence-electron chi connectivity index (χ3n) is 3.05. The summed E-state index contributed by atoms with van der Waals surface area (Å²) in [5, 5.41) is 3.55. The monoisotopic (exact) mass is 341 g/mol. The van der Waals surface area contributed by atoms with Crippen LogP contribution in [0.3, 0.4) is 0 Å². The predicted octanol–water partition coefficient (Wildman–Crippen LogP) is 1.80. The smallest absolute Gasteiger partial charge is 0.241 e. The summed E-state index contributed by atoms with van der Waals surface area (Å²) in [4.78, 5) is 16.0. The summed E-state index contributed by atoms with van der Waals surface area (Å²) in [6.07, 6.45) is 1.85. The van der Waals surface area contributed by atoms with Gasteiger partial charge in [0.2, 0.25) is 15.9 Å². The molecule has 1 heterocycles. The van der Waals surface area contributed by atoms with Crippen molar-refractivity contribution in [1.82, 2.24) is 15.0 Å². The fraction of sp³-hybridized carbons (Fsp3) is 0.429. The molecule has 0 saturated carbocycles. The summed E-state index contributed by atoms with van der Waals surface area (Å²) in [6.45, 7) is 4.19. The molecule has 120 valence electrons. The van der Waals surface area contributed by atoms with Gasteiger partial charge in [-0.15, -0.1) is 11.3 Å². The summed E-state index contributed by atoms with van der Waals surface area (Å²) >= 11 is 1.44. The van der Waals surface area contributed by atoms with E-state index in [1.807, 2.05) is 13.8 Å². The number of sulfonamides is 1. The number of aryl methyl sites for hydroxylation is 1. The Kier molecular flexibility index (Phi) is 5.49. The van der Waals surface area contributed by atoms with Crippen molar-refractivity contribution in [3.8, 4) is 0 Å². The minimum atomic E-state index is -3.70. The normalized spacial score (nSPS) is 11.7. The van der Waals surface area contributed by atoms with Gasteiger partial charge in [-0.25, -0.2) is 18.1 Å². The second kappa shape index (κ2) is 7.17. The molecule has 2 aromatic rings. The van der Waals surface area contributed by atoms with E-state index in [1.165, 1.54) is 17.4 Å². The maximum absolute atomic E-state index is 12.2. The Bertz CT molecular complexity index is 769. The van der Waals surface area contributed by atoms with Crippen LogP contribution in [0, 0.1) is 6.92 Å². The van der Waals surface area contributed by atoms with Crippen LogP contribution in [0.1, 0.15) is 24.8 Å². The molecule has 0 radical (unpaired) electrons. The molecular formula is C14H19N3O3S2. The lowest BCUT2D eigenvalue weighted by atomic mass is 10.3. The van der Waals surface area contributed by atoms with Crippen molar-refractivity contribution in [2.24, 2.45) is 0 Å². The maximum atomic E-state index is 12.2. The highest BCUT2D eigenvalue weighted by molar-refractivity contribution is 7.89. The van der Waals surface area contributed by atoms with Gasteiger partial charge < -0.3 is 5.32 Å². The molecule has 8 heteroatoms. The van der Waals surface area contributed by atoms with E-state index in [-0.39, 0.29) is 17.3 Å². The molecule has 1 aromatic carbocycles. The summed E-state index contributed by atoms with van der Waals surface area (Å²) in [5.74, 6) is -0.327. The number of nitrogens with zero attached hydrogens (tertiary/aromatic N) is 1. The summed E-state index contributed by atoms with van der Waals surface area (Å²) in [5.41, 5.74) is 0.777. The minimum Gasteiger partial charge on any atom is -0.355 e. The Hall–Kier alpha value is -1.51. The first-order chi connectivity index (χ1) is 10.4. The number of aromatic nitrogens is 1. The third kappa shape index (κ3) is 4.25. The van der Waals surface area contributed by atoms with E-state index >= 15 is 0 Å². The lowest BCUT2D eigenvalue weighted by Crippen LogP contribution is -2.37. The van der Waals surface area contributed by atoms with Crippen LogP contribution in [0.4, 0.5) is 0 Å². The second-order valence-corrected chi connectivity index (χ2v) is 7.89. The zero-order valence-corrected chi connectivity index (χ0v) is 14.2. The van der Waals surface area contributed by atoms with Gasteiger partial charge in [-0.05, 0) is 31.5 Å². The molecule has 2 N–H and O–H groups in total. The standard InChI is InChI=1S/C14H19N3O3S2/c1-3-4-7-15-14(18)9-16-22(19,20)11-5-6-12-13(8-11)21-10(2)17-12/h5-6,8,16H,3-4,7,9H2,1-2H3,(H,15,18). The van der Waals surface area contributed by atoms with Gasteiger partial charge >= 0.3 is 0 Å². The number of hydrogen-bond acceptors (Lipinski definition) is 5. The Labute approximate surface area is 134 Å². The SMILES string of the molecule is CCCCNC(=O)CNS(=O)(=O)c1ccc2nc(C)sc2c1. The van der Waals surface area contributed by atoms with Crippen LogP contribution < -0.4 is 10.0 Å². The molecule has 2 rings (SSSR count). The van der Waals surface area contributed by atoms with Gasteiger partial charge in [-0.1, -0.05) is 13.3 Å². The van der Waals surface area contributed by atoms with E-state index in [9.17, 15) is 13.2 Å². The highest BCUT2D eigenvalue weighted by Gasteiger charge is 2.16. The van der Waals surface area contributed by atoms with E-state index in [4.69, 9.17) is 0 Å². The minimum absolute atomic E-state index is 0.144. The number of benzene rings is 1. The highest BCUT2D eigenvalue weighted by Crippen LogP contribution is 2.24. The van der Waals surface area contributed by atoms with Crippen LogP contribution in [0.5, 0.6) is 0 Å². The Morgan fingerprint density at radius 1 is 1.36 bits per heavy atom. The number of hydrogen-bond donors (Lipinski definition) is 2. The van der Waals surface area contributed by atoms with E-state index in [0.717, 1.165) is 28.1 Å². The molecule has 0 spiro atoms. The van der Waals surface area contributed by atoms with Gasteiger partial charge in [0.25, 0.3) is 0 Å². The number of rotatable bonds is 7. The van der Waals surface area contributed by atoms with Crippen molar-refractivity contribution in [3.05, 3.63) is 23.2 Å². The lowest BCUT2D eigenvalue weighted by molar-refractivity contribution is -0.119. The molecule has 0 unspecified atom stereocenters. The molecule has 6 nitrogen and oxygen atoms in total. The van der Waals surface area contributed by atoms with Crippen molar-refractivity contribution in [3.63, 3.8) is 0 Å².